The van der Waals surface area contributed by atoms with Crippen molar-refractivity contribution >= 4 is 60.2 Å². The summed E-state index contributed by atoms with van der Waals surface area (Å²) in [6.07, 6.45) is 0. The molecule has 0 aliphatic heterocycles. The Balaban J connectivity index is 1.57. The first kappa shape index (κ1) is 19.7. The molecule has 5 rings (SSSR count). The van der Waals surface area contributed by atoms with Gasteiger partial charge in [0.05, 0.1) is 4.88 Å². The number of fused-ring (bicyclic) bond motifs is 1. The molecule has 0 saturated carbocycles. The van der Waals surface area contributed by atoms with E-state index in [1.54, 1.807) is 0 Å². The number of benzene rings is 4. The molecule has 0 aliphatic carbocycles. The van der Waals surface area contributed by atoms with E-state index < -0.39 is 0 Å². The summed E-state index contributed by atoms with van der Waals surface area (Å²) in [6.45, 7) is 0. The first-order chi connectivity index (χ1) is 15.2. The lowest BCUT2D eigenvalue weighted by Crippen LogP contribution is -2.08. The number of rotatable bonds is 5. The van der Waals surface area contributed by atoms with E-state index in [1.165, 1.54) is 22.1 Å². The molecule has 5 aromatic rings. The number of halogens is 1. The van der Waals surface area contributed by atoms with Gasteiger partial charge in [0.25, 0.3) is 0 Å². The maximum absolute atomic E-state index is 13.0. The van der Waals surface area contributed by atoms with Crippen molar-refractivity contribution in [3.05, 3.63) is 124 Å². The lowest BCUT2D eigenvalue weighted by atomic mass is 10.1. The number of carbonyl (C=O) groups excluding carboxylic acids is 1. The second-order valence-corrected chi connectivity index (χ2v) is 9.15. The van der Waals surface area contributed by atoms with E-state index >= 15 is 0 Å². The third-order valence-corrected chi connectivity index (χ3v) is 6.75. The van der Waals surface area contributed by atoms with Crippen LogP contribution in [-0.2, 0) is 0 Å². The average molecular weight is 484 g/mol. The zero-order valence-corrected chi connectivity index (χ0v) is 18.9. The van der Waals surface area contributed by atoms with Crippen LogP contribution in [0.4, 0.5) is 16.4 Å². The van der Waals surface area contributed by atoms with E-state index in [1.807, 2.05) is 54.6 Å². The number of thiophene rings is 1. The number of carbonyl (C=O) groups is 1. The number of para-hydroxylation sites is 1. The molecule has 2 nitrogen and oxygen atoms in total. The lowest BCUT2D eigenvalue weighted by Gasteiger charge is -2.24. The number of nitrogens with zero attached hydrogens (tertiary/aromatic N) is 1. The molecule has 0 spiro atoms. The Morgan fingerprint density at radius 2 is 1.39 bits per heavy atom. The Morgan fingerprint density at radius 1 is 0.677 bits per heavy atom. The molecule has 4 aromatic carbocycles. The van der Waals surface area contributed by atoms with Crippen LogP contribution in [0, 0.1) is 0 Å². The fourth-order valence-electron chi connectivity index (χ4n) is 3.61. The average Bonchev–Trinajstić information content (AvgIpc) is 3.29. The van der Waals surface area contributed by atoms with Gasteiger partial charge in [-0.15, -0.1) is 11.3 Å². The normalized spacial score (nSPS) is 10.9. The van der Waals surface area contributed by atoms with Crippen molar-refractivity contribution in [1.29, 1.82) is 0 Å². The Labute approximate surface area is 193 Å². The number of ketones is 1. The van der Waals surface area contributed by atoms with Gasteiger partial charge >= 0.3 is 0 Å². The molecule has 0 unspecified atom stereocenters. The molecule has 0 atom stereocenters. The molecule has 1 heterocycles. The SMILES string of the molecule is O=C(c1ccc(Br)cc1)c1ccc(N(c2ccccc2)c2ccc3ccccc3c2)s1. The van der Waals surface area contributed by atoms with Crippen LogP contribution in [0.1, 0.15) is 15.2 Å². The summed E-state index contributed by atoms with van der Waals surface area (Å²) in [7, 11) is 0. The molecule has 150 valence electrons. The minimum absolute atomic E-state index is 0.0373. The van der Waals surface area contributed by atoms with Gasteiger partial charge in [-0.05, 0) is 71.4 Å². The fourth-order valence-corrected chi connectivity index (χ4v) is 4.88. The number of anilines is 3. The quantitative estimate of drug-likeness (QED) is 0.234. The van der Waals surface area contributed by atoms with Crippen LogP contribution in [0.5, 0.6) is 0 Å². The van der Waals surface area contributed by atoms with Gasteiger partial charge in [0.15, 0.2) is 0 Å². The predicted octanol–water partition coefficient (Wildman–Crippen LogP) is 8.36. The lowest BCUT2D eigenvalue weighted by molar-refractivity contribution is 0.104. The van der Waals surface area contributed by atoms with Crippen molar-refractivity contribution < 1.29 is 4.79 Å². The van der Waals surface area contributed by atoms with Crippen LogP contribution in [0.3, 0.4) is 0 Å². The predicted molar refractivity (Wildman–Crippen MR) is 134 cm³/mol. The molecule has 1 aromatic heterocycles. The summed E-state index contributed by atoms with van der Waals surface area (Å²) in [5.74, 6) is 0.0373. The van der Waals surface area contributed by atoms with Gasteiger partial charge in [-0.3, -0.25) is 4.79 Å². The van der Waals surface area contributed by atoms with Gasteiger partial charge in [0.2, 0.25) is 5.78 Å². The molecular weight excluding hydrogens is 466 g/mol. The second-order valence-electron chi connectivity index (χ2n) is 7.18. The van der Waals surface area contributed by atoms with Crippen molar-refractivity contribution in [2.45, 2.75) is 0 Å². The second kappa shape index (κ2) is 8.50. The minimum Gasteiger partial charge on any atom is -0.302 e. The van der Waals surface area contributed by atoms with Crippen LogP contribution in [-0.4, -0.2) is 5.78 Å². The van der Waals surface area contributed by atoms with E-state index in [0.717, 1.165) is 25.7 Å². The fraction of sp³-hybridized carbons (Fsp3) is 0. The molecule has 4 heteroatoms. The Kier molecular flexibility index (Phi) is 5.41. The largest absolute Gasteiger partial charge is 0.302 e. The first-order valence-electron chi connectivity index (χ1n) is 9.93. The van der Waals surface area contributed by atoms with Gasteiger partial charge < -0.3 is 4.90 Å². The van der Waals surface area contributed by atoms with E-state index in [0.29, 0.717) is 5.56 Å². The molecule has 0 aliphatic rings. The topological polar surface area (TPSA) is 20.3 Å². The van der Waals surface area contributed by atoms with Gasteiger partial charge in [-0.2, -0.15) is 0 Å². The Morgan fingerprint density at radius 3 is 2.16 bits per heavy atom. The molecule has 0 bridgehead atoms. The summed E-state index contributed by atoms with van der Waals surface area (Å²) in [5, 5.41) is 3.39. The van der Waals surface area contributed by atoms with E-state index in [2.05, 4.69) is 75.4 Å². The molecule has 0 saturated heterocycles. The number of hydrogen-bond acceptors (Lipinski definition) is 3. The highest BCUT2D eigenvalue weighted by Gasteiger charge is 2.18. The third-order valence-electron chi connectivity index (χ3n) is 5.15. The third kappa shape index (κ3) is 4.05. The summed E-state index contributed by atoms with van der Waals surface area (Å²) in [4.78, 5) is 15.9. The van der Waals surface area contributed by atoms with Crippen LogP contribution < -0.4 is 4.90 Å². The zero-order valence-electron chi connectivity index (χ0n) is 16.5. The van der Waals surface area contributed by atoms with Gasteiger partial charge in [-0.25, -0.2) is 0 Å². The van der Waals surface area contributed by atoms with Crippen LogP contribution in [0.2, 0.25) is 0 Å². The van der Waals surface area contributed by atoms with E-state index in [4.69, 9.17) is 0 Å². The summed E-state index contributed by atoms with van der Waals surface area (Å²) in [5.41, 5.74) is 2.81. The highest BCUT2D eigenvalue weighted by Crippen LogP contribution is 2.40. The highest BCUT2D eigenvalue weighted by atomic mass is 79.9. The van der Waals surface area contributed by atoms with E-state index in [-0.39, 0.29) is 5.78 Å². The highest BCUT2D eigenvalue weighted by molar-refractivity contribution is 9.10. The smallest absolute Gasteiger partial charge is 0.203 e. The minimum atomic E-state index is 0.0373. The van der Waals surface area contributed by atoms with Crippen LogP contribution in [0.25, 0.3) is 10.8 Å². The molecule has 31 heavy (non-hydrogen) atoms. The van der Waals surface area contributed by atoms with Crippen molar-refractivity contribution in [2.24, 2.45) is 0 Å². The van der Waals surface area contributed by atoms with E-state index in [9.17, 15) is 4.79 Å². The molecule has 0 N–H and O–H groups in total. The zero-order chi connectivity index (χ0) is 21.2. The first-order valence-corrected chi connectivity index (χ1v) is 11.5. The van der Waals surface area contributed by atoms with Gasteiger partial charge in [0, 0.05) is 21.4 Å². The van der Waals surface area contributed by atoms with Crippen LogP contribution >= 0.6 is 27.3 Å². The van der Waals surface area contributed by atoms with Crippen molar-refractivity contribution in [3.63, 3.8) is 0 Å². The van der Waals surface area contributed by atoms with Crippen LogP contribution in [0.15, 0.2) is 114 Å². The number of hydrogen-bond donors (Lipinski definition) is 0. The van der Waals surface area contributed by atoms with Gasteiger partial charge in [-0.1, -0.05) is 64.5 Å². The molecule has 0 radical (unpaired) electrons. The van der Waals surface area contributed by atoms with Crippen molar-refractivity contribution in [3.8, 4) is 0 Å². The summed E-state index contributed by atoms with van der Waals surface area (Å²) >= 11 is 4.94. The summed E-state index contributed by atoms with van der Waals surface area (Å²) < 4.78 is 0.961. The maximum atomic E-state index is 13.0. The molecule has 0 amide bonds. The van der Waals surface area contributed by atoms with Crippen molar-refractivity contribution in [1.82, 2.24) is 0 Å². The molecule has 0 fully saturated rings. The maximum Gasteiger partial charge on any atom is 0.203 e. The van der Waals surface area contributed by atoms with Gasteiger partial charge in [0.1, 0.15) is 5.00 Å². The summed E-state index contributed by atoms with van der Waals surface area (Å²) in [6, 6.07) is 36.5. The Bertz CT molecular complexity index is 1360. The molecular formula is C27H18BrNOS. The van der Waals surface area contributed by atoms with Crippen molar-refractivity contribution in [2.75, 3.05) is 4.90 Å². The Hall–Kier alpha value is -3.21. The monoisotopic (exact) mass is 483 g/mol. The standard InChI is InChI=1S/C27H18BrNOS/c28-22-13-10-20(11-14-22)27(30)25-16-17-26(31-25)29(23-8-2-1-3-9-23)24-15-12-19-6-4-5-7-21(19)18-24/h1-18H.